The van der Waals surface area contributed by atoms with Gasteiger partial charge in [-0.25, -0.2) is 9.48 Å². The first-order valence-electron chi connectivity index (χ1n) is 8.63. The molecule has 28 heavy (non-hydrogen) atoms. The van der Waals surface area contributed by atoms with Gasteiger partial charge in [0.15, 0.2) is 11.5 Å². The second-order valence-corrected chi connectivity index (χ2v) is 6.93. The predicted octanol–water partition coefficient (Wildman–Crippen LogP) is 4.79. The van der Waals surface area contributed by atoms with Gasteiger partial charge < -0.3 is 9.15 Å². The van der Waals surface area contributed by atoms with Crippen molar-refractivity contribution in [2.45, 2.75) is 6.92 Å². The number of esters is 1. The summed E-state index contributed by atoms with van der Waals surface area (Å²) in [5.41, 5.74) is 1.39. The molecule has 4 aromatic rings. The van der Waals surface area contributed by atoms with E-state index in [4.69, 9.17) is 9.15 Å². The molecule has 0 aliphatic heterocycles. The summed E-state index contributed by atoms with van der Waals surface area (Å²) in [6.07, 6.45) is 1.52. The van der Waals surface area contributed by atoms with Crippen molar-refractivity contribution in [2.24, 2.45) is 0 Å². The Morgan fingerprint density at radius 3 is 2.68 bits per heavy atom. The predicted molar refractivity (Wildman–Crippen MR) is 107 cm³/mol. The highest BCUT2D eigenvalue weighted by Crippen LogP contribution is 2.26. The average Bonchev–Trinajstić information content (AvgIpc) is 3.32. The van der Waals surface area contributed by atoms with Gasteiger partial charge in [0, 0.05) is 16.1 Å². The fourth-order valence-corrected chi connectivity index (χ4v) is 3.24. The molecular weight excluding hydrogens is 424 g/mol. The highest BCUT2D eigenvalue weighted by Gasteiger charge is 2.26. The van der Waals surface area contributed by atoms with Crippen LogP contribution in [0, 0.1) is 0 Å². The molecule has 0 aliphatic carbocycles. The van der Waals surface area contributed by atoms with Gasteiger partial charge in [0.1, 0.15) is 5.58 Å². The minimum absolute atomic E-state index is 0.0441. The molecule has 0 N–H and O–H groups in total. The molecule has 0 aliphatic rings. The standard InChI is InChI=1S/C21H15BrN2O4/c1-2-27-21(26)19-16(12-24(23-19)15-6-4-3-5-7-15)20(25)18-11-13-10-14(22)8-9-17(13)28-18/h3-12H,2H2,1H3. The number of para-hydroxylation sites is 1. The van der Waals surface area contributed by atoms with Crippen LogP contribution >= 0.6 is 15.9 Å². The summed E-state index contributed by atoms with van der Waals surface area (Å²) in [6, 6.07) is 16.3. The number of carbonyl (C=O) groups excluding carboxylic acids is 2. The van der Waals surface area contributed by atoms with E-state index in [2.05, 4.69) is 21.0 Å². The molecule has 0 unspecified atom stereocenters. The normalized spacial score (nSPS) is 10.9. The Hall–Kier alpha value is -3.19. The molecule has 0 saturated heterocycles. The van der Waals surface area contributed by atoms with E-state index in [0.717, 1.165) is 15.5 Å². The van der Waals surface area contributed by atoms with Gasteiger partial charge in [-0.2, -0.15) is 5.10 Å². The van der Waals surface area contributed by atoms with E-state index >= 15 is 0 Å². The average molecular weight is 439 g/mol. The summed E-state index contributed by atoms with van der Waals surface area (Å²) < 4.78 is 13.1. The van der Waals surface area contributed by atoms with Crippen molar-refractivity contribution < 1.29 is 18.7 Å². The van der Waals surface area contributed by atoms with E-state index in [1.54, 1.807) is 19.1 Å². The Kier molecular flexibility index (Phi) is 4.83. The second-order valence-electron chi connectivity index (χ2n) is 6.01. The number of rotatable bonds is 5. The molecule has 0 amide bonds. The molecule has 2 aromatic carbocycles. The third kappa shape index (κ3) is 3.36. The van der Waals surface area contributed by atoms with Gasteiger partial charge in [-0.1, -0.05) is 34.1 Å². The third-order valence-corrected chi connectivity index (χ3v) is 4.64. The quantitative estimate of drug-likeness (QED) is 0.330. The molecule has 0 fully saturated rings. The number of fused-ring (bicyclic) bond motifs is 1. The summed E-state index contributed by atoms with van der Waals surface area (Å²) in [5, 5.41) is 5.07. The van der Waals surface area contributed by atoms with Crippen LogP contribution in [-0.4, -0.2) is 28.1 Å². The van der Waals surface area contributed by atoms with Gasteiger partial charge in [-0.05, 0) is 43.3 Å². The van der Waals surface area contributed by atoms with Crippen molar-refractivity contribution in [1.29, 1.82) is 0 Å². The summed E-state index contributed by atoms with van der Waals surface area (Å²) in [7, 11) is 0. The summed E-state index contributed by atoms with van der Waals surface area (Å²) in [4.78, 5) is 25.5. The molecule has 0 atom stereocenters. The Morgan fingerprint density at radius 2 is 1.93 bits per heavy atom. The number of ether oxygens (including phenoxy) is 1. The van der Waals surface area contributed by atoms with Gasteiger partial charge in [-0.15, -0.1) is 0 Å². The maximum absolute atomic E-state index is 13.1. The van der Waals surface area contributed by atoms with Gasteiger partial charge in [0.05, 0.1) is 17.9 Å². The van der Waals surface area contributed by atoms with Crippen LogP contribution in [0.3, 0.4) is 0 Å². The van der Waals surface area contributed by atoms with Crippen LogP contribution in [0.5, 0.6) is 0 Å². The number of benzene rings is 2. The summed E-state index contributed by atoms with van der Waals surface area (Å²) >= 11 is 3.40. The highest BCUT2D eigenvalue weighted by molar-refractivity contribution is 9.10. The first-order chi connectivity index (χ1) is 13.6. The lowest BCUT2D eigenvalue weighted by Gasteiger charge is -2.00. The number of ketones is 1. The molecule has 0 saturated carbocycles. The van der Waals surface area contributed by atoms with E-state index in [0.29, 0.717) is 5.58 Å². The van der Waals surface area contributed by atoms with E-state index in [9.17, 15) is 9.59 Å². The van der Waals surface area contributed by atoms with Gasteiger partial charge >= 0.3 is 5.97 Å². The SMILES string of the molecule is CCOC(=O)c1nn(-c2ccccc2)cc1C(=O)c1cc2cc(Br)ccc2o1. The van der Waals surface area contributed by atoms with Gasteiger partial charge in [0.25, 0.3) is 0 Å². The van der Waals surface area contributed by atoms with Crippen molar-refractivity contribution in [3.05, 3.63) is 82.3 Å². The van der Waals surface area contributed by atoms with Crippen molar-refractivity contribution in [3.8, 4) is 5.69 Å². The molecule has 7 heteroatoms. The van der Waals surface area contributed by atoms with Crippen LogP contribution in [0.15, 0.2) is 69.7 Å². The van der Waals surface area contributed by atoms with Crippen LogP contribution in [0.2, 0.25) is 0 Å². The fourth-order valence-electron chi connectivity index (χ4n) is 2.86. The minimum Gasteiger partial charge on any atom is -0.461 e. The zero-order valence-electron chi connectivity index (χ0n) is 14.9. The molecule has 0 spiro atoms. The monoisotopic (exact) mass is 438 g/mol. The van der Waals surface area contributed by atoms with Gasteiger partial charge in [0.2, 0.25) is 5.78 Å². The van der Waals surface area contributed by atoms with Crippen molar-refractivity contribution in [3.63, 3.8) is 0 Å². The zero-order chi connectivity index (χ0) is 19.7. The molecule has 6 nitrogen and oxygen atoms in total. The Balaban J connectivity index is 1.80. The maximum Gasteiger partial charge on any atom is 0.359 e. The van der Waals surface area contributed by atoms with Crippen molar-refractivity contribution >= 4 is 38.7 Å². The van der Waals surface area contributed by atoms with Crippen molar-refractivity contribution in [1.82, 2.24) is 9.78 Å². The van der Waals surface area contributed by atoms with Crippen LogP contribution in [0.1, 0.15) is 33.5 Å². The maximum atomic E-state index is 13.1. The Labute approximate surface area is 168 Å². The molecule has 0 radical (unpaired) electrons. The lowest BCUT2D eigenvalue weighted by atomic mass is 10.1. The number of hydrogen-bond acceptors (Lipinski definition) is 5. The van der Waals surface area contributed by atoms with Crippen molar-refractivity contribution in [2.75, 3.05) is 6.61 Å². The Morgan fingerprint density at radius 1 is 1.14 bits per heavy atom. The summed E-state index contributed by atoms with van der Waals surface area (Å²) in [6.45, 7) is 1.88. The first-order valence-corrected chi connectivity index (χ1v) is 9.42. The lowest BCUT2D eigenvalue weighted by Crippen LogP contribution is -2.11. The lowest BCUT2D eigenvalue weighted by molar-refractivity contribution is 0.0516. The largest absolute Gasteiger partial charge is 0.461 e. The van der Waals surface area contributed by atoms with Crippen LogP contribution in [-0.2, 0) is 4.74 Å². The Bertz CT molecular complexity index is 1180. The molecule has 0 bridgehead atoms. The smallest absolute Gasteiger partial charge is 0.359 e. The van der Waals surface area contributed by atoms with E-state index in [-0.39, 0.29) is 23.6 Å². The number of furan rings is 1. The number of hydrogen-bond donors (Lipinski definition) is 0. The molecule has 2 heterocycles. The first kappa shape index (κ1) is 18.2. The number of carbonyl (C=O) groups is 2. The number of aromatic nitrogens is 2. The van der Waals surface area contributed by atoms with Crippen LogP contribution in [0.25, 0.3) is 16.7 Å². The minimum atomic E-state index is -0.653. The fraction of sp³-hybridized carbons (Fsp3) is 0.0952. The highest BCUT2D eigenvalue weighted by atomic mass is 79.9. The topological polar surface area (TPSA) is 74.3 Å². The third-order valence-electron chi connectivity index (χ3n) is 4.15. The molecule has 140 valence electrons. The van der Waals surface area contributed by atoms with Gasteiger partial charge in [-0.3, -0.25) is 4.79 Å². The van der Waals surface area contributed by atoms with E-state index in [1.165, 1.54) is 10.9 Å². The molecule has 4 rings (SSSR count). The number of nitrogens with zero attached hydrogens (tertiary/aromatic N) is 2. The van der Waals surface area contributed by atoms with E-state index in [1.807, 2.05) is 42.5 Å². The second kappa shape index (κ2) is 7.44. The van der Waals surface area contributed by atoms with Crippen LogP contribution < -0.4 is 0 Å². The molecular formula is C21H15BrN2O4. The van der Waals surface area contributed by atoms with Crippen LogP contribution in [0.4, 0.5) is 0 Å². The zero-order valence-corrected chi connectivity index (χ0v) is 16.5. The van der Waals surface area contributed by atoms with E-state index < -0.39 is 11.8 Å². The number of halogens is 1. The summed E-state index contributed by atoms with van der Waals surface area (Å²) in [5.74, 6) is -0.955. The molecule has 2 aromatic heterocycles.